The van der Waals surface area contributed by atoms with Crippen molar-refractivity contribution in [2.24, 2.45) is 0 Å². The summed E-state index contributed by atoms with van der Waals surface area (Å²) in [5.74, 6) is 0.501. The fraction of sp³-hybridized carbons (Fsp3) is 0.579. The molecule has 0 aliphatic carbocycles. The number of nitriles is 1. The molecule has 2 heterocycles. The van der Waals surface area contributed by atoms with Gasteiger partial charge in [0.15, 0.2) is 6.10 Å². The van der Waals surface area contributed by atoms with Gasteiger partial charge in [0.05, 0.1) is 5.56 Å². The Morgan fingerprint density at radius 2 is 2.00 bits per heavy atom. The van der Waals surface area contributed by atoms with Crippen LogP contribution in [0.5, 0.6) is 5.75 Å². The zero-order valence-corrected chi connectivity index (χ0v) is 14.3. The van der Waals surface area contributed by atoms with Crippen LogP contribution in [-0.2, 0) is 4.79 Å². The van der Waals surface area contributed by atoms with Crippen LogP contribution in [-0.4, -0.2) is 54.0 Å². The van der Waals surface area contributed by atoms with E-state index in [1.54, 1.807) is 25.1 Å². The van der Waals surface area contributed by atoms with E-state index < -0.39 is 6.10 Å². The summed E-state index contributed by atoms with van der Waals surface area (Å²) in [4.78, 5) is 17.2. The molecule has 128 valence electrons. The molecule has 0 spiro atoms. The van der Waals surface area contributed by atoms with Crippen LogP contribution in [0.4, 0.5) is 0 Å². The summed E-state index contributed by atoms with van der Waals surface area (Å²) in [5.41, 5.74) is 0.464. The van der Waals surface area contributed by atoms with Gasteiger partial charge in [0.2, 0.25) is 0 Å². The van der Waals surface area contributed by atoms with Crippen molar-refractivity contribution in [3.05, 3.63) is 29.8 Å². The first-order valence-electron chi connectivity index (χ1n) is 8.87. The SMILES string of the molecule is C[C@H](Oc1ccccc1C#N)C(=O)N1CCC[C@@H](N2CCCC2)C1. The van der Waals surface area contributed by atoms with Gasteiger partial charge in [-0.1, -0.05) is 12.1 Å². The lowest BCUT2D eigenvalue weighted by Crippen LogP contribution is -2.51. The fourth-order valence-electron chi connectivity index (χ4n) is 3.72. The molecule has 1 aromatic carbocycles. The Hall–Kier alpha value is -2.06. The maximum atomic E-state index is 12.8. The van der Waals surface area contributed by atoms with E-state index >= 15 is 0 Å². The Kier molecular flexibility index (Phi) is 5.37. The van der Waals surface area contributed by atoms with Crippen molar-refractivity contribution in [2.75, 3.05) is 26.2 Å². The van der Waals surface area contributed by atoms with Crippen LogP contribution in [0.15, 0.2) is 24.3 Å². The molecule has 1 aromatic rings. The number of carbonyl (C=O) groups excluding carboxylic acids is 1. The third-order valence-corrected chi connectivity index (χ3v) is 5.02. The number of nitrogens with zero attached hydrogens (tertiary/aromatic N) is 3. The summed E-state index contributed by atoms with van der Waals surface area (Å²) < 4.78 is 5.78. The zero-order chi connectivity index (χ0) is 16.9. The maximum Gasteiger partial charge on any atom is 0.263 e. The van der Waals surface area contributed by atoms with E-state index in [0.29, 0.717) is 17.4 Å². The molecule has 2 aliphatic heterocycles. The van der Waals surface area contributed by atoms with Gasteiger partial charge >= 0.3 is 0 Å². The molecule has 2 saturated heterocycles. The lowest BCUT2D eigenvalue weighted by molar-refractivity contribution is -0.140. The van der Waals surface area contributed by atoms with E-state index in [2.05, 4.69) is 11.0 Å². The number of hydrogen-bond donors (Lipinski definition) is 0. The number of carbonyl (C=O) groups is 1. The summed E-state index contributed by atoms with van der Waals surface area (Å²) in [6.45, 7) is 5.70. The van der Waals surface area contributed by atoms with Crippen molar-refractivity contribution >= 4 is 5.91 Å². The Morgan fingerprint density at radius 3 is 2.75 bits per heavy atom. The molecule has 0 aromatic heterocycles. The lowest BCUT2D eigenvalue weighted by atomic mass is 10.0. The van der Waals surface area contributed by atoms with Crippen LogP contribution < -0.4 is 4.74 Å². The van der Waals surface area contributed by atoms with E-state index in [0.717, 1.165) is 32.6 Å². The molecular formula is C19H25N3O2. The van der Waals surface area contributed by atoms with Crippen LogP contribution >= 0.6 is 0 Å². The van der Waals surface area contributed by atoms with Gasteiger partial charge in [-0.25, -0.2) is 0 Å². The second-order valence-electron chi connectivity index (χ2n) is 6.69. The first-order valence-corrected chi connectivity index (χ1v) is 8.87. The molecule has 3 rings (SSSR count). The van der Waals surface area contributed by atoms with E-state index in [-0.39, 0.29) is 5.91 Å². The first kappa shape index (κ1) is 16.8. The van der Waals surface area contributed by atoms with Gasteiger partial charge in [0.1, 0.15) is 11.8 Å². The van der Waals surface area contributed by atoms with E-state index in [1.807, 2.05) is 11.0 Å². The number of piperidine rings is 1. The number of benzene rings is 1. The highest BCUT2D eigenvalue weighted by Crippen LogP contribution is 2.22. The number of likely N-dealkylation sites (tertiary alicyclic amines) is 2. The second kappa shape index (κ2) is 7.67. The number of amides is 1. The molecule has 0 unspecified atom stereocenters. The monoisotopic (exact) mass is 327 g/mol. The maximum absolute atomic E-state index is 12.8. The molecule has 2 fully saturated rings. The number of ether oxygens (including phenoxy) is 1. The Morgan fingerprint density at radius 1 is 1.25 bits per heavy atom. The van der Waals surface area contributed by atoms with Gasteiger partial charge in [-0.3, -0.25) is 9.69 Å². The van der Waals surface area contributed by atoms with Crippen molar-refractivity contribution in [3.8, 4) is 11.8 Å². The van der Waals surface area contributed by atoms with Crippen molar-refractivity contribution in [3.63, 3.8) is 0 Å². The third-order valence-electron chi connectivity index (χ3n) is 5.02. The summed E-state index contributed by atoms with van der Waals surface area (Å²) in [5, 5.41) is 9.14. The second-order valence-corrected chi connectivity index (χ2v) is 6.69. The molecule has 0 radical (unpaired) electrons. The summed E-state index contributed by atoms with van der Waals surface area (Å²) >= 11 is 0. The zero-order valence-electron chi connectivity index (χ0n) is 14.3. The summed E-state index contributed by atoms with van der Waals surface area (Å²) in [6, 6.07) is 9.66. The van der Waals surface area contributed by atoms with E-state index in [1.165, 1.54) is 19.3 Å². The Bertz CT molecular complexity index is 619. The highest BCUT2D eigenvalue weighted by Gasteiger charge is 2.31. The average molecular weight is 327 g/mol. The van der Waals surface area contributed by atoms with E-state index in [4.69, 9.17) is 10.00 Å². The Balaban J connectivity index is 1.61. The molecule has 2 atom stereocenters. The van der Waals surface area contributed by atoms with Crippen molar-refractivity contribution in [1.29, 1.82) is 5.26 Å². The fourth-order valence-corrected chi connectivity index (χ4v) is 3.72. The number of rotatable bonds is 4. The molecule has 24 heavy (non-hydrogen) atoms. The molecule has 0 saturated carbocycles. The summed E-state index contributed by atoms with van der Waals surface area (Å²) in [6.07, 6.45) is 4.20. The van der Waals surface area contributed by atoms with Crippen molar-refractivity contribution in [1.82, 2.24) is 9.80 Å². The number of para-hydroxylation sites is 1. The van der Waals surface area contributed by atoms with Gasteiger partial charge in [0, 0.05) is 19.1 Å². The smallest absolute Gasteiger partial charge is 0.263 e. The highest BCUT2D eigenvalue weighted by molar-refractivity contribution is 5.81. The standard InChI is InChI=1S/C19H25N3O2/c1-15(24-18-9-3-2-7-16(18)13-20)19(23)22-12-6-8-17(14-22)21-10-4-5-11-21/h2-3,7,9,15,17H,4-6,8,10-12,14H2,1H3/t15-,17+/m0/s1. The van der Waals surface area contributed by atoms with Crippen LogP contribution in [0.2, 0.25) is 0 Å². The predicted octanol–water partition coefficient (Wildman–Crippen LogP) is 2.41. The predicted molar refractivity (Wildman–Crippen MR) is 91.7 cm³/mol. The van der Waals surface area contributed by atoms with Gasteiger partial charge in [-0.05, 0) is 57.8 Å². The van der Waals surface area contributed by atoms with Crippen molar-refractivity contribution < 1.29 is 9.53 Å². The van der Waals surface area contributed by atoms with Gasteiger partial charge < -0.3 is 9.64 Å². The lowest BCUT2D eigenvalue weighted by Gasteiger charge is -2.38. The third kappa shape index (κ3) is 3.70. The van der Waals surface area contributed by atoms with Gasteiger partial charge in [-0.15, -0.1) is 0 Å². The quantitative estimate of drug-likeness (QED) is 0.852. The minimum absolute atomic E-state index is 0.0200. The molecule has 2 aliphatic rings. The number of hydrogen-bond acceptors (Lipinski definition) is 4. The molecule has 5 heteroatoms. The Labute approximate surface area is 143 Å². The van der Waals surface area contributed by atoms with E-state index in [9.17, 15) is 4.79 Å². The largest absolute Gasteiger partial charge is 0.480 e. The minimum Gasteiger partial charge on any atom is -0.480 e. The van der Waals surface area contributed by atoms with Crippen LogP contribution in [0.1, 0.15) is 38.2 Å². The first-order chi connectivity index (χ1) is 11.7. The molecule has 5 nitrogen and oxygen atoms in total. The minimum atomic E-state index is -0.572. The van der Waals surface area contributed by atoms with Gasteiger partial charge in [-0.2, -0.15) is 5.26 Å². The van der Waals surface area contributed by atoms with Crippen LogP contribution in [0, 0.1) is 11.3 Å². The normalized spacial score (nSPS) is 22.8. The van der Waals surface area contributed by atoms with Crippen LogP contribution in [0.3, 0.4) is 0 Å². The molecular weight excluding hydrogens is 302 g/mol. The average Bonchev–Trinajstić information content (AvgIpc) is 3.16. The van der Waals surface area contributed by atoms with Crippen molar-refractivity contribution in [2.45, 2.75) is 44.8 Å². The van der Waals surface area contributed by atoms with Gasteiger partial charge in [0.25, 0.3) is 5.91 Å². The molecule has 0 N–H and O–H groups in total. The molecule has 1 amide bonds. The topological polar surface area (TPSA) is 56.6 Å². The van der Waals surface area contributed by atoms with Crippen LogP contribution in [0.25, 0.3) is 0 Å². The summed E-state index contributed by atoms with van der Waals surface area (Å²) in [7, 11) is 0. The highest BCUT2D eigenvalue weighted by atomic mass is 16.5. The molecule has 0 bridgehead atoms.